The average molecular weight is 368 g/mol. The van der Waals surface area contributed by atoms with Crippen LogP contribution in [0.4, 0.5) is 18.3 Å². The lowest BCUT2D eigenvalue weighted by Crippen LogP contribution is -2.19. The van der Waals surface area contributed by atoms with Gasteiger partial charge in [-0.25, -0.2) is 4.98 Å². The van der Waals surface area contributed by atoms with E-state index in [4.69, 9.17) is 9.15 Å². The van der Waals surface area contributed by atoms with Gasteiger partial charge in [-0.05, 0) is 36.4 Å². The Hall–Kier alpha value is -2.81. The number of anilines is 1. The Balaban J connectivity index is 1.67. The molecule has 0 aliphatic heterocycles. The third-order valence-corrected chi connectivity index (χ3v) is 3.87. The Labute approximate surface area is 143 Å². The summed E-state index contributed by atoms with van der Waals surface area (Å²) < 4.78 is 46.9. The van der Waals surface area contributed by atoms with Gasteiger partial charge in [0.25, 0.3) is 0 Å². The number of hydrogen-bond acceptors (Lipinski definition) is 5. The predicted octanol–water partition coefficient (Wildman–Crippen LogP) is 4.48. The Morgan fingerprint density at radius 3 is 2.92 bits per heavy atom. The van der Waals surface area contributed by atoms with E-state index in [0.717, 1.165) is 11.3 Å². The van der Waals surface area contributed by atoms with Gasteiger partial charge in [0.2, 0.25) is 5.91 Å². The zero-order chi connectivity index (χ0) is 17.9. The van der Waals surface area contributed by atoms with Crippen molar-refractivity contribution in [2.75, 3.05) is 11.9 Å². The van der Waals surface area contributed by atoms with Crippen LogP contribution in [0.3, 0.4) is 0 Å². The molecule has 2 aromatic heterocycles. The molecule has 0 radical (unpaired) electrons. The van der Waals surface area contributed by atoms with E-state index in [1.807, 2.05) is 0 Å². The van der Waals surface area contributed by atoms with E-state index < -0.39 is 18.7 Å². The number of benzene rings is 1. The van der Waals surface area contributed by atoms with Gasteiger partial charge in [0.15, 0.2) is 11.7 Å². The second-order valence-electron chi connectivity index (χ2n) is 4.89. The van der Waals surface area contributed by atoms with Crippen molar-refractivity contribution in [2.24, 2.45) is 0 Å². The van der Waals surface area contributed by atoms with E-state index >= 15 is 0 Å². The number of thiazole rings is 1. The lowest BCUT2D eigenvalue weighted by molar-refractivity contribution is -0.153. The molecule has 0 aliphatic rings. The lowest BCUT2D eigenvalue weighted by Gasteiger charge is -2.08. The number of carbonyl (C=O) groups excluding carboxylic acids is 1. The Bertz CT molecular complexity index is 901. The van der Waals surface area contributed by atoms with E-state index in [1.54, 1.807) is 12.1 Å². The molecule has 0 spiro atoms. The summed E-state index contributed by atoms with van der Waals surface area (Å²) in [6.07, 6.45) is -0.111. The summed E-state index contributed by atoms with van der Waals surface area (Å²) >= 11 is 1.13. The fourth-order valence-corrected chi connectivity index (χ4v) is 2.80. The van der Waals surface area contributed by atoms with Gasteiger partial charge in [0, 0.05) is 6.08 Å². The minimum Gasteiger partial charge on any atom is -0.484 e. The molecule has 0 saturated heterocycles. The SMILES string of the molecule is O=C(C=Cc1ccco1)Nc1nc2ccc(OCC(F)(F)F)cc2s1. The van der Waals surface area contributed by atoms with Gasteiger partial charge in [-0.15, -0.1) is 0 Å². The summed E-state index contributed by atoms with van der Waals surface area (Å²) in [6.45, 7) is -1.36. The molecule has 5 nitrogen and oxygen atoms in total. The van der Waals surface area contributed by atoms with Gasteiger partial charge in [-0.2, -0.15) is 13.2 Å². The number of furan rings is 1. The number of alkyl halides is 3. The first-order valence-corrected chi connectivity index (χ1v) is 7.83. The maximum absolute atomic E-state index is 12.2. The van der Waals surface area contributed by atoms with E-state index in [1.165, 1.54) is 36.6 Å². The number of nitrogens with one attached hydrogen (secondary N) is 1. The summed E-state index contributed by atoms with van der Waals surface area (Å²) in [5.74, 6) is 0.221. The largest absolute Gasteiger partial charge is 0.484 e. The van der Waals surface area contributed by atoms with Crippen molar-refractivity contribution in [3.63, 3.8) is 0 Å². The van der Waals surface area contributed by atoms with Crippen molar-refractivity contribution < 1.29 is 27.1 Å². The van der Waals surface area contributed by atoms with Gasteiger partial charge in [0.1, 0.15) is 11.5 Å². The fourth-order valence-electron chi connectivity index (χ4n) is 1.90. The molecule has 25 heavy (non-hydrogen) atoms. The van der Waals surface area contributed by atoms with Crippen LogP contribution in [0.25, 0.3) is 16.3 Å². The third-order valence-electron chi connectivity index (χ3n) is 2.93. The van der Waals surface area contributed by atoms with E-state index in [0.29, 0.717) is 21.1 Å². The summed E-state index contributed by atoms with van der Waals surface area (Å²) in [5, 5.41) is 2.92. The second kappa shape index (κ2) is 6.98. The van der Waals surface area contributed by atoms with Crippen molar-refractivity contribution >= 4 is 38.7 Å². The first kappa shape index (κ1) is 17.0. The highest BCUT2D eigenvalue weighted by Gasteiger charge is 2.28. The molecule has 1 aromatic carbocycles. The molecule has 1 amide bonds. The lowest BCUT2D eigenvalue weighted by atomic mass is 10.3. The Kier molecular flexibility index (Phi) is 4.75. The maximum Gasteiger partial charge on any atom is 0.422 e. The van der Waals surface area contributed by atoms with Crippen molar-refractivity contribution in [1.82, 2.24) is 4.98 Å². The summed E-state index contributed by atoms with van der Waals surface area (Å²) in [5.41, 5.74) is 0.551. The van der Waals surface area contributed by atoms with Crippen LogP contribution in [0, 0.1) is 0 Å². The molecule has 0 unspecified atom stereocenters. The molecule has 2 heterocycles. The highest BCUT2D eigenvalue weighted by atomic mass is 32.1. The number of carbonyl (C=O) groups is 1. The van der Waals surface area contributed by atoms with Gasteiger partial charge >= 0.3 is 6.18 Å². The highest BCUT2D eigenvalue weighted by Crippen LogP contribution is 2.30. The molecule has 0 aliphatic carbocycles. The molecule has 3 aromatic rings. The van der Waals surface area contributed by atoms with Gasteiger partial charge in [-0.3, -0.25) is 10.1 Å². The summed E-state index contributed by atoms with van der Waals surface area (Å²) in [4.78, 5) is 16.0. The quantitative estimate of drug-likeness (QED) is 0.675. The molecule has 9 heteroatoms. The zero-order valence-corrected chi connectivity index (χ0v) is 13.4. The number of nitrogens with zero attached hydrogens (tertiary/aromatic N) is 1. The highest BCUT2D eigenvalue weighted by molar-refractivity contribution is 7.22. The van der Waals surface area contributed by atoms with Crippen LogP contribution in [0.1, 0.15) is 5.76 Å². The number of hydrogen-bond donors (Lipinski definition) is 1. The number of halogens is 3. The first-order chi connectivity index (χ1) is 11.9. The van der Waals surface area contributed by atoms with Crippen molar-refractivity contribution in [3.05, 3.63) is 48.4 Å². The molecule has 0 bridgehead atoms. The maximum atomic E-state index is 12.2. The van der Waals surface area contributed by atoms with Crippen LogP contribution in [-0.2, 0) is 4.79 Å². The van der Waals surface area contributed by atoms with E-state index in [2.05, 4.69) is 10.3 Å². The fraction of sp³-hybridized carbons (Fsp3) is 0.125. The van der Waals surface area contributed by atoms with Crippen LogP contribution in [0.15, 0.2) is 47.1 Å². The second-order valence-corrected chi connectivity index (χ2v) is 5.92. The molecule has 0 saturated carbocycles. The standard InChI is InChI=1S/C16H11F3N2O3S/c17-16(18,19)9-24-11-3-5-12-13(8-11)25-15(20-12)21-14(22)6-4-10-2-1-7-23-10/h1-8H,9H2,(H,20,21,22). The molecule has 0 fully saturated rings. The third kappa shape index (κ3) is 4.83. The molecule has 0 atom stereocenters. The Morgan fingerprint density at radius 2 is 2.20 bits per heavy atom. The average Bonchev–Trinajstić information content (AvgIpc) is 3.18. The Morgan fingerprint density at radius 1 is 1.36 bits per heavy atom. The predicted molar refractivity (Wildman–Crippen MR) is 87.5 cm³/mol. The van der Waals surface area contributed by atoms with Crippen LogP contribution < -0.4 is 10.1 Å². The molecule has 130 valence electrons. The normalized spacial score (nSPS) is 12.0. The number of fused-ring (bicyclic) bond motifs is 1. The van der Waals surface area contributed by atoms with Crippen LogP contribution in [-0.4, -0.2) is 23.7 Å². The summed E-state index contributed by atoms with van der Waals surface area (Å²) in [7, 11) is 0. The van der Waals surface area contributed by atoms with E-state index in [-0.39, 0.29) is 5.75 Å². The number of aromatic nitrogens is 1. The van der Waals surface area contributed by atoms with Gasteiger partial charge in [-0.1, -0.05) is 11.3 Å². The van der Waals surface area contributed by atoms with Gasteiger partial charge in [0.05, 0.1) is 16.5 Å². The molecule has 3 rings (SSSR count). The monoisotopic (exact) mass is 368 g/mol. The first-order valence-electron chi connectivity index (χ1n) is 7.02. The zero-order valence-electron chi connectivity index (χ0n) is 12.5. The van der Waals surface area contributed by atoms with Gasteiger partial charge < -0.3 is 9.15 Å². The van der Waals surface area contributed by atoms with Crippen LogP contribution in [0.5, 0.6) is 5.75 Å². The number of ether oxygens (including phenoxy) is 1. The number of rotatable bonds is 5. The number of amides is 1. The van der Waals surface area contributed by atoms with Crippen molar-refractivity contribution in [1.29, 1.82) is 0 Å². The van der Waals surface area contributed by atoms with Crippen LogP contribution >= 0.6 is 11.3 Å². The summed E-state index contributed by atoms with van der Waals surface area (Å²) in [6, 6.07) is 7.78. The minimum absolute atomic E-state index is 0.0871. The van der Waals surface area contributed by atoms with Crippen molar-refractivity contribution in [3.8, 4) is 5.75 Å². The smallest absolute Gasteiger partial charge is 0.422 e. The molecule has 1 N–H and O–H groups in total. The molecular weight excluding hydrogens is 357 g/mol. The molecular formula is C16H11F3N2O3S. The minimum atomic E-state index is -4.40. The van der Waals surface area contributed by atoms with Crippen LogP contribution in [0.2, 0.25) is 0 Å². The van der Waals surface area contributed by atoms with Crippen molar-refractivity contribution in [2.45, 2.75) is 6.18 Å². The topological polar surface area (TPSA) is 64.4 Å². The van der Waals surface area contributed by atoms with E-state index in [9.17, 15) is 18.0 Å².